The van der Waals surface area contributed by atoms with E-state index in [2.05, 4.69) is 6.07 Å². The molecule has 4 aromatic rings. The summed E-state index contributed by atoms with van der Waals surface area (Å²) in [7, 11) is 1.43. The number of para-hydroxylation sites is 1. The molecular weight excluding hydrogens is 442 g/mol. The Bertz CT molecular complexity index is 1480. The number of rotatable bonds is 5. The normalized spacial score (nSPS) is 11.1. The second kappa shape index (κ2) is 9.43. The molecule has 0 unspecified atom stereocenters. The molecule has 1 heterocycles. The number of hydrogen-bond donors (Lipinski definition) is 0. The number of nitrogens with zero attached hydrogens (tertiary/aromatic N) is 1. The van der Waals surface area contributed by atoms with Crippen LogP contribution in [-0.2, 0) is 0 Å². The van der Waals surface area contributed by atoms with Gasteiger partial charge < -0.3 is 13.9 Å². The summed E-state index contributed by atoms with van der Waals surface area (Å²) in [5, 5.41) is 10.7. The molecule has 33 heavy (non-hydrogen) atoms. The summed E-state index contributed by atoms with van der Waals surface area (Å²) in [6.07, 6.45) is 1.68. The first kappa shape index (κ1) is 21.9. The maximum absolute atomic E-state index is 12.7. The minimum Gasteiger partial charge on any atom is -0.493 e. The van der Waals surface area contributed by atoms with E-state index in [0.29, 0.717) is 32.7 Å². The van der Waals surface area contributed by atoms with Crippen molar-refractivity contribution < 1.29 is 18.7 Å². The van der Waals surface area contributed by atoms with E-state index in [9.17, 15) is 14.9 Å². The molecule has 0 radical (unpaired) electrons. The largest absolute Gasteiger partial charge is 0.493 e. The summed E-state index contributed by atoms with van der Waals surface area (Å²) in [4.78, 5) is 24.9. The lowest BCUT2D eigenvalue weighted by Gasteiger charge is -2.10. The highest BCUT2D eigenvalue weighted by atomic mass is 35.5. The van der Waals surface area contributed by atoms with Crippen molar-refractivity contribution in [3.63, 3.8) is 0 Å². The van der Waals surface area contributed by atoms with Gasteiger partial charge in [0.15, 0.2) is 11.5 Å². The predicted octanol–water partition coefficient (Wildman–Crippen LogP) is 5.74. The number of ether oxygens (including phenoxy) is 2. The molecule has 7 heteroatoms. The summed E-state index contributed by atoms with van der Waals surface area (Å²) < 4.78 is 16.0. The van der Waals surface area contributed by atoms with Gasteiger partial charge in [-0.25, -0.2) is 9.59 Å². The van der Waals surface area contributed by atoms with E-state index in [0.717, 1.165) is 0 Å². The molecule has 0 amide bonds. The van der Waals surface area contributed by atoms with Crippen LogP contribution in [0.25, 0.3) is 22.6 Å². The highest BCUT2D eigenvalue weighted by Crippen LogP contribution is 2.30. The molecule has 0 fully saturated rings. The number of halogens is 1. The number of carbonyl (C=O) groups is 1. The van der Waals surface area contributed by atoms with Crippen molar-refractivity contribution in [3.05, 3.63) is 105 Å². The lowest BCUT2D eigenvalue weighted by atomic mass is 10.0. The number of hydrogen-bond acceptors (Lipinski definition) is 6. The van der Waals surface area contributed by atoms with Crippen LogP contribution in [0.15, 0.2) is 82.0 Å². The molecule has 0 aliphatic heterocycles. The third-order valence-corrected chi connectivity index (χ3v) is 5.09. The first-order valence-corrected chi connectivity index (χ1v) is 10.2. The van der Waals surface area contributed by atoms with E-state index < -0.39 is 11.6 Å². The van der Waals surface area contributed by atoms with Crippen molar-refractivity contribution in [1.82, 2.24) is 0 Å². The Morgan fingerprint density at radius 2 is 1.79 bits per heavy atom. The average Bonchev–Trinajstić information content (AvgIpc) is 2.83. The average molecular weight is 458 g/mol. The van der Waals surface area contributed by atoms with Gasteiger partial charge in [0.2, 0.25) is 0 Å². The van der Waals surface area contributed by atoms with E-state index in [1.807, 2.05) is 0 Å². The van der Waals surface area contributed by atoms with Gasteiger partial charge in [-0.1, -0.05) is 48.0 Å². The number of methoxy groups -OCH3 is 1. The Balaban J connectivity index is 1.63. The minimum absolute atomic E-state index is 0.122. The fourth-order valence-corrected chi connectivity index (χ4v) is 3.32. The van der Waals surface area contributed by atoms with E-state index in [4.69, 9.17) is 25.5 Å². The van der Waals surface area contributed by atoms with Crippen LogP contribution in [0.5, 0.6) is 11.5 Å². The molecule has 3 aromatic carbocycles. The third-order valence-electron chi connectivity index (χ3n) is 4.84. The number of benzene rings is 3. The molecule has 0 N–H and O–H groups in total. The second-order valence-corrected chi connectivity index (χ2v) is 7.40. The molecule has 0 aliphatic rings. The van der Waals surface area contributed by atoms with Crippen LogP contribution in [0.3, 0.4) is 0 Å². The van der Waals surface area contributed by atoms with Crippen LogP contribution >= 0.6 is 11.6 Å². The number of carbonyl (C=O) groups excluding carboxylic acids is 1. The van der Waals surface area contributed by atoms with Gasteiger partial charge in [-0.2, -0.15) is 5.26 Å². The highest BCUT2D eigenvalue weighted by Gasteiger charge is 2.18. The van der Waals surface area contributed by atoms with Gasteiger partial charge in [0, 0.05) is 10.4 Å². The van der Waals surface area contributed by atoms with Gasteiger partial charge >= 0.3 is 11.6 Å². The minimum atomic E-state index is -0.866. The van der Waals surface area contributed by atoms with E-state index in [1.165, 1.54) is 19.2 Å². The van der Waals surface area contributed by atoms with Crippen molar-refractivity contribution in [2.45, 2.75) is 0 Å². The summed E-state index contributed by atoms with van der Waals surface area (Å²) in [5.41, 5.74) is 1.14. The van der Waals surface area contributed by atoms with Crippen LogP contribution in [0.1, 0.15) is 21.5 Å². The lowest BCUT2D eigenvalue weighted by molar-refractivity contribution is 0.0725. The summed E-state index contributed by atoms with van der Waals surface area (Å²) in [6.45, 7) is 0. The summed E-state index contributed by atoms with van der Waals surface area (Å²) >= 11 is 5.92. The molecule has 0 atom stereocenters. The fraction of sp³-hybridized carbons (Fsp3) is 0.0385. The van der Waals surface area contributed by atoms with Gasteiger partial charge in [0.25, 0.3) is 0 Å². The second-order valence-electron chi connectivity index (χ2n) is 6.96. The van der Waals surface area contributed by atoms with Crippen molar-refractivity contribution in [3.8, 4) is 17.6 Å². The highest BCUT2D eigenvalue weighted by molar-refractivity contribution is 6.30. The maximum Gasteiger partial charge on any atom is 0.351 e. The van der Waals surface area contributed by atoms with E-state index in [1.54, 1.807) is 66.7 Å². The Labute approximate surface area is 193 Å². The molecule has 0 spiro atoms. The van der Waals surface area contributed by atoms with Crippen molar-refractivity contribution in [2.24, 2.45) is 0 Å². The topological polar surface area (TPSA) is 89.5 Å². The molecule has 6 nitrogen and oxygen atoms in total. The quantitative estimate of drug-likeness (QED) is 0.125. The zero-order chi connectivity index (χ0) is 23.4. The van der Waals surface area contributed by atoms with Gasteiger partial charge in [0.05, 0.1) is 18.8 Å². The van der Waals surface area contributed by atoms with Gasteiger partial charge in [-0.05, 0) is 53.6 Å². The van der Waals surface area contributed by atoms with E-state index >= 15 is 0 Å². The first-order valence-electron chi connectivity index (χ1n) is 9.79. The Kier molecular flexibility index (Phi) is 6.25. The molecule has 162 valence electrons. The Morgan fingerprint density at radius 3 is 2.52 bits per heavy atom. The smallest absolute Gasteiger partial charge is 0.351 e. The number of fused-ring (bicyclic) bond motifs is 1. The molecular formula is C26H16ClNO5. The molecule has 0 saturated heterocycles. The van der Waals surface area contributed by atoms with E-state index in [-0.39, 0.29) is 17.1 Å². The lowest BCUT2D eigenvalue weighted by Crippen LogP contribution is -2.19. The zero-order valence-electron chi connectivity index (χ0n) is 17.4. The number of nitriles is 1. The summed E-state index contributed by atoms with van der Waals surface area (Å²) in [6, 6.07) is 22.2. The number of esters is 1. The predicted molar refractivity (Wildman–Crippen MR) is 125 cm³/mol. The third kappa shape index (κ3) is 4.79. The summed E-state index contributed by atoms with van der Waals surface area (Å²) in [5.74, 6) is -0.483. The van der Waals surface area contributed by atoms with Gasteiger partial charge in [-0.15, -0.1) is 0 Å². The van der Waals surface area contributed by atoms with Crippen molar-refractivity contribution in [2.75, 3.05) is 7.11 Å². The molecule has 0 bridgehead atoms. The van der Waals surface area contributed by atoms with Crippen LogP contribution in [-0.4, -0.2) is 13.1 Å². The van der Waals surface area contributed by atoms with Crippen molar-refractivity contribution >= 4 is 40.2 Å². The van der Waals surface area contributed by atoms with Gasteiger partial charge in [0.1, 0.15) is 11.1 Å². The molecule has 0 aliphatic carbocycles. The Morgan fingerprint density at radius 1 is 1.03 bits per heavy atom. The van der Waals surface area contributed by atoms with Crippen LogP contribution in [0.2, 0.25) is 5.02 Å². The maximum atomic E-state index is 12.7. The SMILES string of the molecule is COc1cc(/C=C(\C#N)c2ccc(Cl)cc2)ccc1OC(=O)c1cc2ccccc2oc1=O. The van der Waals surface area contributed by atoms with Gasteiger partial charge in [-0.3, -0.25) is 0 Å². The van der Waals surface area contributed by atoms with Crippen LogP contribution in [0.4, 0.5) is 0 Å². The first-order chi connectivity index (χ1) is 16.0. The fourth-order valence-electron chi connectivity index (χ4n) is 3.19. The molecule has 4 rings (SSSR count). The number of allylic oxidation sites excluding steroid dienone is 1. The monoisotopic (exact) mass is 457 g/mol. The standard InChI is InChI=1S/C26H16ClNO5/c1-31-24-13-16(12-19(15-28)17-7-9-20(27)10-8-17)6-11-23(24)33-26(30)21-14-18-4-2-3-5-22(18)32-25(21)29/h2-14H,1H3/b19-12+. The molecule has 0 saturated carbocycles. The molecule has 1 aromatic heterocycles. The zero-order valence-corrected chi connectivity index (χ0v) is 18.1. The Hall–Kier alpha value is -4.34. The van der Waals surface area contributed by atoms with Crippen molar-refractivity contribution in [1.29, 1.82) is 5.26 Å². The van der Waals surface area contributed by atoms with Crippen LogP contribution < -0.4 is 15.1 Å². The van der Waals surface area contributed by atoms with Crippen LogP contribution in [0, 0.1) is 11.3 Å².